The summed E-state index contributed by atoms with van der Waals surface area (Å²) in [5, 5.41) is 0. The lowest BCUT2D eigenvalue weighted by Gasteiger charge is -2.32. The largest absolute Gasteiger partial charge is 0.472 e. The van der Waals surface area contributed by atoms with E-state index in [2.05, 4.69) is 9.97 Å². The van der Waals surface area contributed by atoms with Gasteiger partial charge in [-0.1, -0.05) is 17.7 Å². The van der Waals surface area contributed by atoms with Gasteiger partial charge < -0.3 is 14.4 Å². The molecule has 0 aliphatic carbocycles. The molecule has 6 nitrogen and oxygen atoms in total. The fourth-order valence-electron chi connectivity index (χ4n) is 2.84. The van der Waals surface area contributed by atoms with Gasteiger partial charge in [-0.2, -0.15) is 4.98 Å². The van der Waals surface area contributed by atoms with E-state index in [1.807, 2.05) is 36.1 Å². The van der Waals surface area contributed by atoms with Crippen molar-refractivity contribution in [1.29, 1.82) is 0 Å². The van der Waals surface area contributed by atoms with Gasteiger partial charge >= 0.3 is 6.01 Å². The predicted molar refractivity (Wildman–Crippen MR) is 89.3 cm³/mol. The van der Waals surface area contributed by atoms with Crippen LogP contribution in [-0.4, -0.2) is 47.1 Å². The Balaban J connectivity index is 1.66. The third-order valence-corrected chi connectivity index (χ3v) is 4.01. The summed E-state index contributed by atoms with van der Waals surface area (Å²) < 4.78 is 10.9. The number of nitrogens with zero attached hydrogens (tertiary/aromatic N) is 3. The summed E-state index contributed by atoms with van der Waals surface area (Å²) in [6.45, 7) is 3.29. The van der Waals surface area contributed by atoms with Crippen LogP contribution in [0.15, 0.2) is 36.5 Å². The molecule has 0 saturated carbocycles. The minimum Gasteiger partial charge on any atom is -0.472 e. The maximum Gasteiger partial charge on any atom is 0.319 e. The lowest BCUT2D eigenvalue weighted by Crippen LogP contribution is -2.44. The van der Waals surface area contributed by atoms with Gasteiger partial charge in [-0.15, -0.1) is 0 Å². The van der Waals surface area contributed by atoms with E-state index in [1.54, 1.807) is 12.3 Å². The van der Waals surface area contributed by atoms with Crippen molar-refractivity contribution in [2.45, 2.75) is 25.9 Å². The van der Waals surface area contributed by atoms with Crippen molar-refractivity contribution in [2.75, 3.05) is 20.2 Å². The number of hydrogen-bond acceptors (Lipinski definition) is 5. The molecule has 126 valence electrons. The first-order valence-corrected chi connectivity index (χ1v) is 8.05. The number of likely N-dealkylation sites (tertiary alicyclic amines) is 1. The van der Waals surface area contributed by atoms with Gasteiger partial charge in [-0.25, -0.2) is 4.98 Å². The SMILES string of the molecule is COc1nccc(OC2CCCN(C(=O)c3cccc(C)c3)C2)n1. The Hall–Kier alpha value is -2.63. The molecule has 24 heavy (non-hydrogen) atoms. The molecule has 1 aromatic heterocycles. The predicted octanol–water partition coefficient (Wildman–Crippen LogP) is 2.48. The van der Waals surface area contributed by atoms with Crippen LogP contribution in [-0.2, 0) is 0 Å². The van der Waals surface area contributed by atoms with Crippen molar-refractivity contribution in [3.05, 3.63) is 47.7 Å². The molecule has 0 bridgehead atoms. The zero-order chi connectivity index (χ0) is 16.9. The molecule has 1 aromatic carbocycles. The molecular weight excluding hydrogens is 306 g/mol. The van der Waals surface area contributed by atoms with Gasteiger partial charge in [0.1, 0.15) is 6.10 Å². The maximum absolute atomic E-state index is 12.7. The third-order valence-electron chi connectivity index (χ3n) is 4.01. The number of rotatable bonds is 4. The molecule has 2 aromatic rings. The normalized spacial score (nSPS) is 17.4. The Kier molecular flexibility index (Phi) is 4.93. The van der Waals surface area contributed by atoms with Gasteiger partial charge in [0.15, 0.2) is 0 Å². The number of hydrogen-bond donors (Lipinski definition) is 0. The van der Waals surface area contributed by atoms with Crippen LogP contribution in [0, 0.1) is 6.92 Å². The number of ether oxygens (including phenoxy) is 2. The van der Waals surface area contributed by atoms with Gasteiger partial charge in [0.2, 0.25) is 5.88 Å². The number of aryl methyl sites for hydroxylation is 1. The molecule has 0 N–H and O–H groups in total. The van der Waals surface area contributed by atoms with E-state index in [0.29, 0.717) is 12.4 Å². The highest BCUT2D eigenvalue weighted by Crippen LogP contribution is 2.19. The van der Waals surface area contributed by atoms with Gasteiger partial charge in [0.25, 0.3) is 5.91 Å². The molecule has 1 aliphatic rings. The lowest BCUT2D eigenvalue weighted by atomic mass is 10.1. The Bertz CT molecular complexity index is 720. The van der Waals surface area contributed by atoms with Crippen LogP contribution < -0.4 is 9.47 Å². The summed E-state index contributed by atoms with van der Waals surface area (Å²) in [7, 11) is 1.52. The van der Waals surface area contributed by atoms with Crippen molar-refractivity contribution in [2.24, 2.45) is 0 Å². The Morgan fingerprint density at radius 1 is 1.33 bits per heavy atom. The number of aromatic nitrogens is 2. The van der Waals surface area contributed by atoms with Gasteiger partial charge in [0, 0.05) is 24.4 Å². The van der Waals surface area contributed by atoms with E-state index in [9.17, 15) is 4.79 Å². The van der Waals surface area contributed by atoms with E-state index in [0.717, 1.165) is 30.5 Å². The molecule has 1 amide bonds. The van der Waals surface area contributed by atoms with Crippen molar-refractivity contribution < 1.29 is 14.3 Å². The zero-order valence-corrected chi connectivity index (χ0v) is 13.9. The first-order valence-electron chi connectivity index (χ1n) is 8.05. The topological polar surface area (TPSA) is 64.6 Å². The summed E-state index contributed by atoms with van der Waals surface area (Å²) in [4.78, 5) is 22.7. The molecule has 6 heteroatoms. The van der Waals surface area contributed by atoms with E-state index < -0.39 is 0 Å². The Morgan fingerprint density at radius 2 is 2.21 bits per heavy atom. The van der Waals surface area contributed by atoms with Crippen LogP contribution in [0.1, 0.15) is 28.8 Å². The van der Waals surface area contributed by atoms with Crippen LogP contribution in [0.5, 0.6) is 11.9 Å². The minimum absolute atomic E-state index is 0.0484. The quantitative estimate of drug-likeness (QED) is 0.863. The maximum atomic E-state index is 12.7. The summed E-state index contributed by atoms with van der Waals surface area (Å²) >= 11 is 0. The van der Waals surface area contributed by atoms with Crippen molar-refractivity contribution >= 4 is 5.91 Å². The van der Waals surface area contributed by atoms with Crippen LogP contribution in [0.4, 0.5) is 0 Å². The van der Waals surface area contributed by atoms with Crippen molar-refractivity contribution in [3.63, 3.8) is 0 Å². The summed E-state index contributed by atoms with van der Waals surface area (Å²) in [6, 6.07) is 9.65. The number of methoxy groups -OCH3 is 1. The zero-order valence-electron chi connectivity index (χ0n) is 13.9. The average molecular weight is 327 g/mol. The molecule has 1 fully saturated rings. The molecule has 0 spiro atoms. The second-order valence-corrected chi connectivity index (χ2v) is 5.88. The van der Waals surface area contributed by atoms with E-state index in [4.69, 9.17) is 9.47 Å². The van der Waals surface area contributed by atoms with Crippen molar-refractivity contribution in [1.82, 2.24) is 14.9 Å². The highest BCUT2D eigenvalue weighted by atomic mass is 16.5. The number of carbonyl (C=O) groups is 1. The van der Waals surface area contributed by atoms with E-state index >= 15 is 0 Å². The van der Waals surface area contributed by atoms with Crippen molar-refractivity contribution in [3.8, 4) is 11.9 Å². The van der Waals surface area contributed by atoms with Crippen LogP contribution in [0.3, 0.4) is 0 Å². The average Bonchev–Trinajstić information content (AvgIpc) is 2.61. The molecule has 1 atom stereocenters. The standard InChI is InChI=1S/C18H21N3O3/c1-13-5-3-6-14(11-13)17(22)21-10-4-7-15(12-21)24-16-8-9-19-18(20-16)23-2/h3,5-6,8-9,11,15H,4,7,10,12H2,1-2H3. The molecule has 1 unspecified atom stereocenters. The first-order chi connectivity index (χ1) is 11.7. The van der Waals surface area contributed by atoms with Gasteiger partial charge in [-0.05, 0) is 31.9 Å². The monoisotopic (exact) mass is 327 g/mol. The van der Waals surface area contributed by atoms with E-state index in [1.165, 1.54) is 7.11 Å². The Morgan fingerprint density at radius 3 is 3.00 bits per heavy atom. The fraction of sp³-hybridized carbons (Fsp3) is 0.389. The second kappa shape index (κ2) is 7.29. The van der Waals surface area contributed by atoms with Crippen LogP contribution >= 0.6 is 0 Å². The molecular formula is C18H21N3O3. The van der Waals surface area contributed by atoms with Gasteiger partial charge in [-0.3, -0.25) is 4.79 Å². The summed E-state index contributed by atoms with van der Waals surface area (Å²) in [6.07, 6.45) is 3.32. The number of benzene rings is 1. The third kappa shape index (κ3) is 3.82. The molecule has 0 radical (unpaired) electrons. The molecule has 1 aliphatic heterocycles. The first kappa shape index (κ1) is 16.2. The van der Waals surface area contributed by atoms with Gasteiger partial charge in [0.05, 0.1) is 13.7 Å². The van der Waals surface area contributed by atoms with Crippen LogP contribution in [0.25, 0.3) is 0 Å². The highest BCUT2D eigenvalue weighted by Gasteiger charge is 2.26. The minimum atomic E-state index is -0.0767. The number of amides is 1. The molecule has 3 rings (SSSR count). The lowest BCUT2D eigenvalue weighted by molar-refractivity contribution is 0.0525. The summed E-state index contributed by atoms with van der Waals surface area (Å²) in [5.41, 5.74) is 1.80. The smallest absolute Gasteiger partial charge is 0.319 e. The van der Waals surface area contributed by atoms with Crippen LogP contribution in [0.2, 0.25) is 0 Å². The van der Waals surface area contributed by atoms with E-state index in [-0.39, 0.29) is 18.0 Å². The number of piperidine rings is 1. The second-order valence-electron chi connectivity index (χ2n) is 5.88. The molecule has 2 heterocycles. The number of carbonyl (C=O) groups excluding carboxylic acids is 1. The fourth-order valence-corrected chi connectivity index (χ4v) is 2.84. The highest BCUT2D eigenvalue weighted by molar-refractivity contribution is 5.94. The Labute approximate surface area is 141 Å². The molecule has 1 saturated heterocycles. The summed E-state index contributed by atoms with van der Waals surface area (Å²) in [5.74, 6) is 0.518.